The molecule has 0 saturated carbocycles. The summed E-state index contributed by atoms with van der Waals surface area (Å²) in [5, 5.41) is 9.09. The Morgan fingerprint density at radius 2 is 1.81 bits per heavy atom. The van der Waals surface area contributed by atoms with Gasteiger partial charge in [0.15, 0.2) is 0 Å². The van der Waals surface area contributed by atoms with Crippen LogP contribution in [0.1, 0.15) is 23.4 Å². The summed E-state index contributed by atoms with van der Waals surface area (Å²) in [5.41, 5.74) is 4.79. The zero-order valence-corrected chi connectivity index (χ0v) is 12.3. The molecule has 2 aromatic carbocycles. The first kappa shape index (κ1) is 13.8. The summed E-state index contributed by atoms with van der Waals surface area (Å²) in [6.07, 6.45) is 1.55. The number of nitrogens with zero attached hydrogens (tertiary/aromatic N) is 2. The number of aryl methyl sites for hydroxylation is 2. The van der Waals surface area contributed by atoms with E-state index in [1.165, 1.54) is 11.1 Å². The van der Waals surface area contributed by atoms with Gasteiger partial charge in [-0.2, -0.15) is 0 Å². The third kappa shape index (κ3) is 2.83. The van der Waals surface area contributed by atoms with E-state index < -0.39 is 0 Å². The molecule has 0 unspecified atom stereocenters. The molecule has 0 aliphatic rings. The fourth-order valence-corrected chi connectivity index (χ4v) is 2.69. The summed E-state index contributed by atoms with van der Waals surface area (Å²) in [7, 11) is 0. The first-order valence-electron chi connectivity index (χ1n) is 7.39. The van der Waals surface area contributed by atoms with Gasteiger partial charge in [-0.3, -0.25) is 0 Å². The van der Waals surface area contributed by atoms with Gasteiger partial charge in [0.1, 0.15) is 5.82 Å². The zero-order valence-electron chi connectivity index (χ0n) is 12.3. The fraction of sp³-hybridized carbons (Fsp3) is 0.278. The SMILES string of the molecule is Cc1ccccc1Cn1c(CCCO)nc2ccccc21. The number of rotatable bonds is 5. The van der Waals surface area contributed by atoms with Crippen molar-refractivity contribution in [2.75, 3.05) is 6.61 Å². The lowest BCUT2D eigenvalue weighted by Crippen LogP contribution is -2.07. The summed E-state index contributed by atoms with van der Waals surface area (Å²) in [6, 6.07) is 16.7. The monoisotopic (exact) mass is 280 g/mol. The van der Waals surface area contributed by atoms with Crippen molar-refractivity contribution < 1.29 is 5.11 Å². The molecule has 3 heteroatoms. The predicted octanol–water partition coefficient (Wildman–Crippen LogP) is 3.32. The smallest absolute Gasteiger partial charge is 0.110 e. The second-order valence-corrected chi connectivity index (χ2v) is 5.36. The van der Waals surface area contributed by atoms with Crippen LogP contribution in [0.25, 0.3) is 11.0 Å². The number of aromatic nitrogens is 2. The lowest BCUT2D eigenvalue weighted by Gasteiger charge is -2.11. The normalized spacial score (nSPS) is 11.1. The van der Waals surface area contributed by atoms with E-state index in [9.17, 15) is 0 Å². The van der Waals surface area contributed by atoms with Gasteiger partial charge in [0.2, 0.25) is 0 Å². The van der Waals surface area contributed by atoms with E-state index in [1.807, 2.05) is 18.2 Å². The van der Waals surface area contributed by atoms with E-state index in [1.54, 1.807) is 0 Å². The van der Waals surface area contributed by atoms with Crippen molar-refractivity contribution in [1.29, 1.82) is 0 Å². The number of aliphatic hydroxyl groups is 1. The molecule has 21 heavy (non-hydrogen) atoms. The van der Waals surface area contributed by atoms with Gasteiger partial charge in [0, 0.05) is 19.6 Å². The lowest BCUT2D eigenvalue weighted by molar-refractivity contribution is 0.287. The van der Waals surface area contributed by atoms with Crippen LogP contribution in [0.3, 0.4) is 0 Å². The third-order valence-electron chi connectivity index (χ3n) is 3.88. The van der Waals surface area contributed by atoms with Crippen LogP contribution in [0.4, 0.5) is 0 Å². The van der Waals surface area contributed by atoms with Gasteiger partial charge in [-0.15, -0.1) is 0 Å². The van der Waals surface area contributed by atoms with Gasteiger partial charge < -0.3 is 9.67 Å². The minimum Gasteiger partial charge on any atom is -0.396 e. The molecule has 0 saturated heterocycles. The quantitative estimate of drug-likeness (QED) is 0.778. The van der Waals surface area contributed by atoms with Crippen molar-refractivity contribution in [1.82, 2.24) is 9.55 Å². The molecule has 0 atom stereocenters. The Morgan fingerprint density at radius 1 is 1.05 bits per heavy atom. The molecule has 108 valence electrons. The molecule has 0 aliphatic heterocycles. The average Bonchev–Trinajstić information content (AvgIpc) is 2.85. The number of para-hydroxylation sites is 2. The lowest BCUT2D eigenvalue weighted by atomic mass is 10.1. The van der Waals surface area contributed by atoms with Crippen molar-refractivity contribution in [3.63, 3.8) is 0 Å². The molecule has 0 radical (unpaired) electrons. The van der Waals surface area contributed by atoms with Gasteiger partial charge in [0.05, 0.1) is 11.0 Å². The number of hydrogen-bond acceptors (Lipinski definition) is 2. The van der Waals surface area contributed by atoms with Crippen LogP contribution >= 0.6 is 0 Å². The van der Waals surface area contributed by atoms with Crippen LogP contribution in [-0.2, 0) is 13.0 Å². The molecule has 3 nitrogen and oxygen atoms in total. The molecule has 0 bridgehead atoms. The van der Waals surface area contributed by atoms with Gasteiger partial charge >= 0.3 is 0 Å². The second kappa shape index (κ2) is 6.10. The highest BCUT2D eigenvalue weighted by Gasteiger charge is 2.11. The van der Waals surface area contributed by atoms with E-state index in [0.29, 0.717) is 0 Å². The van der Waals surface area contributed by atoms with Crippen LogP contribution in [0.2, 0.25) is 0 Å². The van der Waals surface area contributed by atoms with E-state index in [4.69, 9.17) is 10.1 Å². The van der Waals surface area contributed by atoms with Crippen molar-refractivity contribution in [3.8, 4) is 0 Å². The maximum atomic E-state index is 9.09. The standard InChI is InChI=1S/C18H20N2O/c1-14-7-2-3-8-15(14)13-20-17-10-5-4-9-16(17)19-18(20)11-6-12-21/h2-5,7-10,21H,6,11-13H2,1H3. The highest BCUT2D eigenvalue weighted by Crippen LogP contribution is 2.20. The topological polar surface area (TPSA) is 38.0 Å². The molecule has 1 heterocycles. The summed E-state index contributed by atoms with van der Waals surface area (Å²) < 4.78 is 2.27. The van der Waals surface area contributed by atoms with Crippen LogP contribution < -0.4 is 0 Å². The zero-order chi connectivity index (χ0) is 14.7. The maximum absolute atomic E-state index is 9.09. The molecule has 3 rings (SSSR count). The average molecular weight is 280 g/mol. The minimum absolute atomic E-state index is 0.202. The van der Waals surface area contributed by atoms with Crippen LogP contribution in [0, 0.1) is 6.92 Å². The van der Waals surface area contributed by atoms with Crippen molar-refractivity contribution >= 4 is 11.0 Å². The van der Waals surface area contributed by atoms with Gasteiger partial charge in [-0.1, -0.05) is 36.4 Å². The summed E-state index contributed by atoms with van der Waals surface area (Å²) in [5.74, 6) is 1.05. The Balaban J connectivity index is 2.04. The van der Waals surface area contributed by atoms with Gasteiger partial charge in [-0.25, -0.2) is 4.98 Å². The highest BCUT2D eigenvalue weighted by atomic mass is 16.2. The Bertz CT molecular complexity index is 746. The van der Waals surface area contributed by atoms with E-state index >= 15 is 0 Å². The molecular weight excluding hydrogens is 260 g/mol. The summed E-state index contributed by atoms with van der Waals surface area (Å²) in [6.45, 7) is 3.17. The summed E-state index contributed by atoms with van der Waals surface area (Å²) >= 11 is 0. The Labute approximate surface area is 124 Å². The number of fused-ring (bicyclic) bond motifs is 1. The molecule has 0 spiro atoms. The number of benzene rings is 2. The van der Waals surface area contributed by atoms with Crippen LogP contribution in [0.15, 0.2) is 48.5 Å². The van der Waals surface area contributed by atoms with Gasteiger partial charge in [0.25, 0.3) is 0 Å². The third-order valence-corrected chi connectivity index (χ3v) is 3.88. The predicted molar refractivity (Wildman–Crippen MR) is 85.4 cm³/mol. The van der Waals surface area contributed by atoms with E-state index in [0.717, 1.165) is 36.2 Å². The first-order chi connectivity index (χ1) is 10.3. The molecule has 0 aliphatic carbocycles. The van der Waals surface area contributed by atoms with Crippen LogP contribution in [-0.4, -0.2) is 21.3 Å². The minimum atomic E-state index is 0.202. The number of aliphatic hydroxyl groups excluding tert-OH is 1. The second-order valence-electron chi connectivity index (χ2n) is 5.36. The Morgan fingerprint density at radius 3 is 2.62 bits per heavy atom. The fourth-order valence-electron chi connectivity index (χ4n) is 2.69. The maximum Gasteiger partial charge on any atom is 0.110 e. The molecular formula is C18H20N2O. The molecule has 3 aromatic rings. The van der Waals surface area contributed by atoms with Crippen molar-refractivity contribution in [3.05, 3.63) is 65.5 Å². The Hall–Kier alpha value is -2.13. The van der Waals surface area contributed by atoms with E-state index in [-0.39, 0.29) is 6.61 Å². The first-order valence-corrected chi connectivity index (χ1v) is 7.39. The summed E-state index contributed by atoms with van der Waals surface area (Å²) in [4.78, 5) is 4.73. The van der Waals surface area contributed by atoms with Crippen molar-refractivity contribution in [2.45, 2.75) is 26.3 Å². The number of hydrogen-bond donors (Lipinski definition) is 1. The molecule has 0 fully saturated rings. The largest absolute Gasteiger partial charge is 0.396 e. The van der Waals surface area contributed by atoms with Gasteiger partial charge in [-0.05, 0) is 36.6 Å². The molecule has 0 amide bonds. The Kier molecular flexibility index (Phi) is 4.02. The van der Waals surface area contributed by atoms with E-state index in [2.05, 4.69) is 41.8 Å². The van der Waals surface area contributed by atoms with Crippen LogP contribution in [0.5, 0.6) is 0 Å². The molecule has 1 N–H and O–H groups in total. The molecule has 1 aromatic heterocycles. The van der Waals surface area contributed by atoms with Crippen molar-refractivity contribution in [2.24, 2.45) is 0 Å². The highest BCUT2D eigenvalue weighted by molar-refractivity contribution is 5.76. The number of imidazole rings is 1.